The van der Waals surface area contributed by atoms with Crippen LogP contribution in [0, 0.1) is 0 Å². The third-order valence-corrected chi connectivity index (χ3v) is 10.7. The lowest BCUT2D eigenvalue weighted by atomic mass is 10.2. The minimum absolute atomic E-state index is 0.102. The molecule has 0 aromatic heterocycles. The molecule has 0 radical (unpaired) electrons. The highest BCUT2D eigenvalue weighted by Gasteiger charge is 2.29. The van der Waals surface area contributed by atoms with Gasteiger partial charge in [0.25, 0.3) is 0 Å². The number of ether oxygens (including phenoxy) is 2. The van der Waals surface area contributed by atoms with Gasteiger partial charge in [-0.15, -0.1) is 0 Å². The van der Waals surface area contributed by atoms with Crippen molar-refractivity contribution >= 4 is 42.9 Å². The molecule has 0 fully saturated rings. The number of aliphatic hydroxyl groups excluding tert-OH is 2. The summed E-state index contributed by atoms with van der Waals surface area (Å²) in [5.74, 6) is -1.10. The Morgan fingerprint density at radius 2 is 1.00 bits per heavy atom. The predicted octanol–water partition coefficient (Wildman–Crippen LogP) is 1.28. The quantitative estimate of drug-likeness (QED) is 0.0238. The van der Waals surface area contributed by atoms with E-state index in [1.54, 1.807) is 7.05 Å². The van der Waals surface area contributed by atoms with Crippen molar-refractivity contribution in [2.45, 2.75) is 83.0 Å². The maximum atomic E-state index is 12.5. The number of hydrogen-bond donors (Lipinski definition) is 9. The lowest BCUT2D eigenvalue weighted by Gasteiger charge is -2.22. The normalized spacial score (nSPS) is 17.7. The van der Waals surface area contributed by atoms with Crippen molar-refractivity contribution in [3.63, 3.8) is 0 Å². The van der Waals surface area contributed by atoms with Gasteiger partial charge in [-0.25, -0.2) is 13.7 Å². The molecule has 57 heavy (non-hydrogen) atoms. The number of carbonyl (C=O) groups excluding carboxylic acids is 2. The average molecular weight is 914 g/mol. The minimum Gasteiger partial charge on any atom is -0.394 e. The van der Waals surface area contributed by atoms with Crippen LogP contribution in [-0.4, -0.2) is 153 Å². The molecule has 0 saturated carbocycles. The maximum Gasteiger partial charge on any atom is 0.472 e. The molecule has 0 saturated heterocycles. The third-order valence-electron chi connectivity index (χ3n) is 6.84. The summed E-state index contributed by atoms with van der Waals surface area (Å²) >= 11 is 0. The summed E-state index contributed by atoms with van der Waals surface area (Å²) in [5.41, 5.74) is 0. The number of nitrogens with one attached hydrogen (secondary N) is 3. The van der Waals surface area contributed by atoms with Gasteiger partial charge in [-0.3, -0.25) is 46.6 Å². The van der Waals surface area contributed by atoms with Crippen molar-refractivity contribution < 1.29 is 98.8 Å². The molecule has 0 bridgehead atoms. The molecule has 7 unspecified atom stereocenters. The van der Waals surface area contributed by atoms with E-state index >= 15 is 0 Å². The Morgan fingerprint density at radius 3 is 1.42 bits per heavy atom. The number of aliphatic hydroxyl groups is 2. The van der Waals surface area contributed by atoms with E-state index in [2.05, 4.69) is 20.5 Å². The fraction of sp³-hybridized carbons (Fsp3) is 0.931. The first kappa shape index (κ1) is 56.2. The Labute approximate surface area is 333 Å². The number of phosphoric acid groups is 3. The van der Waals surface area contributed by atoms with Crippen molar-refractivity contribution in [1.29, 1.82) is 0 Å². The molecule has 2 amide bonds. The third kappa shape index (κ3) is 34.6. The van der Waals surface area contributed by atoms with E-state index in [9.17, 15) is 57.6 Å². The molecule has 0 spiro atoms. The number of carbonyl (C=O) groups is 2. The average Bonchev–Trinajstić information content (AvgIpc) is 3.12. The number of unbranched alkanes of at least 4 members (excludes halogenated alkanes) is 2. The van der Waals surface area contributed by atoms with Gasteiger partial charge in [-0.2, -0.15) is 0 Å². The first-order valence-electron chi connectivity index (χ1n) is 18.2. The van der Waals surface area contributed by atoms with Crippen LogP contribution in [0.25, 0.3) is 0 Å². The second-order valence-corrected chi connectivity index (χ2v) is 18.3. The van der Waals surface area contributed by atoms with E-state index in [4.69, 9.17) is 36.6 Å². The van der Waals surface area contributed by atoms with Crippen molar-refractivity contribution in [2.24, 2.45) is 0 Å². The van der Waals surface area contributed by atoms with E-state index in [0.29, 0.717) is 6.61 Å². The summed E-state index contributed by atoms with van der Waals surface area (Å²) in [6.45, 7) is 0.426. The molecule has 0 aliphatic carbocycles. The Hall–Kier alpha value is -0.780. The molecule has 0 aromatic carbocycles. The second-order valence-electron chi connectivity index (χ2n) is 12.2. The summed E-state index contributed by atoms with van der Waals surface area (Å²) in [5, 5.41) is 26.5. The molecule has 0 rings (SSSR count). The van der Waals surface area contributed by atoms with Crippen molar-refractivity contribution in [2.75, 3.05) is 93.0 Å². The standard InChI is InChI=1S/C29H63N3O21P4/c1-4-13-45-16-11-25(22-33)51-55(39,40)48-14-7-5-9-28(35)31-20-27(53-57(43,44)50-19-18-47-54(3,37)38)21-32-29(36)10-6-8-15-49-56(41,42)52-26(23-34)12-17-46-24-30-2/h25-27,30,33-34H,4-24H2,1-3H3,(H,31,35)(H,32,36)(H,37,38)(H,39,40)(H,41,42)(H,43,44). The van der Waals surface area contributed by atoms with Gasteiger partial charge < -0.3 is 54.4 Å². The van der Waals surface area contributed by atoms with Crippen LogP contribution in [-0.2, 0) is 69.0 Å². The van der Waals surface area contributed by atoms with Gasteiger partial charge in [0.05, 0.1) is 65.2 Å². The minimum atomic E-state index is -4.85. The van der Waals surface area contributed by atoms with Gasteiger partial charge >= 0.3 is 31.1 Å². The zero-order valence-electron chi connectivity index (χ0n) is 32.7. The van der Waals surface area contributed by atoms with E-state index in [-0.39, 0.29) is 97.6 Å². The van der Waals surface area contributed by atoms with Crippen LogP contribution in [0.4, 0.5) is 0 Å². The summed E-state index contributed by atoms with van der Waals surface area (Å²) < 4.78 is 92.9. The van der Waals surface area contributed by atoms with Crippen LogP contribution in [0.5, 0.6) is 0 Å². The highest BCUT2D eigenvalue weighted by Crippen LogP contribution is 2.46. The van der Waals surface area contributed by atoms with Crippen molar-refractivity contribution in [3.8, 4) is 0 Å². The highest BCUT2D eigenvalue weighted by molar-refractivity contribution is 7.51. The SMILES string of the molecule is CCCOCCC(CO)OP(=O)(O)OCCCCC(=O)NCC(CNC(=O)CCCCOP(=O)(O)OC(CO)CCOCNC)OP(=O)(O)OCCOP(C)(=O)O. The molecule has 24 nitrogen and oxygen atoms in total. The van der Waals surface area contributed by atoms with Crippen LogP contribution in [0.2, 0.25) is 0 Å². The molecule has 0 heterocycles. The highest BCUT2D eigenvalue weighted by atomic mass is 31.2. The van der Waals surface area contributed by atoms with Crippen LogP contribution >= 0.6 is 31.1 Å². The molecule has 0 aliphatic rings. The van der Waals surface area contributed by atoms with E-state index in [1.807, 2.05) is 6.92 Å². The molecule has 0 aromatic rings. The van der Waals surface area contributed by atoms with Gasteiger partial charge in [0.1, 0.15) is 6.10 Å². The first-order valence-corrected chi connectivity index (χ1v) is 24.7. The number of hydrogen-bond acceptors (Lipinski definition) is 18. The fourth-order valence-corrected chi connectivity index (χ4v) is 7.38. The molecule has 9 N–H and O–H groups in total. The van der Waals surface area contributed by atoms with Crippen LogP contribution in [0.15, 0.2) is 0 Å². The second kappa shape index (κ2) is 32.0. The molecular formula is C29H63N3O21P4. The number of rotatable bonds is 39. The molecule has 0 aliphatic heterocycles. The summed E-state index contributed by atoms with van der Waals surface area (Å²) in [6, 6.07) is 0. The molecule has 340 valence electrons. The zero-order valence-corrected chi connectivity index (χ0v) is 36.3. The van der Waals surface area contributed by atoms with E-state index in [0.717, 1.165) is 13.1 Å². The molecule has 7 atom stereocenters. The molecule has 28 heteroatoms. The number of phosphoric ester groups is 3. The van der Waals surface area contributed by atoms with Crippen molar-refractivity contribution in [1.82, 2.24) is 16.0 Å². The van der Waals surface area contributed by atoms with Gasteiger partial charge in [-0.1, -0.05) is 6.92 Å². The maximum absolute atomic E-state index is 12.5. The van der Waals surface area contributed by atoms with E-state index in [1.165, 1.54) is 0 Å². The van der Waals surface area contributed by atoms with E-state index < -0.39 is 87.6 Å². The first-order chi connectivity index (χ1) is 26.8. The van der Waals surface area contributed by atoms with Crippen molar-refractivity contribution in [3.05, 3.63) is 0 Å². The Balaban J connectivity index is 4.89. The Morgan fingerprint density at radius 1 is 0.579 bits per heavy atom. The van der Waals surface area contributed by atoms with Gasteiger partial charge in [0.2, 0.25) is 11.8 Å². The Bertz CT molecular complexity index is 1210. The Kier molecular flexibility index (Phi) is 31.6. The van der Waals surface area contributed by atoms with Crippen LogP contribution in [0.1, 0.15) is 64.7 Å². The zero-order chi connectivity index (χ0) is 43.2. The lowest BCUT2D eigenvalue weighted by Crippen LogP contribution is -2.41. The predicted molar refractivity (Wildman–Crippen MR) is 202 cm³/mol. The van der Waals surface area contributed by atoms with Gasteiger partial charge in [-0.05, 0) is 52.0 Å². The van der Waals surface area contributed by atoms with Gasteiger partial charge in [0.15, 0.2) is 0 Å². The largest absolute Gasteiger partial charge is 0.472 e. The van der Waals surface area contributed by atoms with Crippen LogP contribution in [0.3, 0.4) is 0 Å². The smallest absolute Gasteiger partial charge is 0.394 e. The molecular weight excluding hydrogens is 850 g/mol. The monoisotopic (exact) mass is 913 g/mol. The lowest BCUT2D eigenvalue weighted by molar-refractivity contribution is -0.121. The van der Waals surface area contributed by atoms with Gasteiger partial charge in [0, 0.05) is 45.8 Å². The fourth-order valence-electron chi connectivity index (χ4n) is 4.13. The summed E-state index contributed by atoms with van der Waals surface area (Å²) in [7, 11) is -16.1. The summed E-state index contributed by atoms with van der Waals surface area (Å²) in [4.78, 5) is 64.2. The van der Waals surface area contributed by atoms with Crippen LogP contribution < -0.4 is 16.0 Å². The topological polar surface area (TPSA) is 343 Å². The summed E-state index contributed by atoms with van der Waals surface area (Å²) in [6.07, 6.45) is -1.75. The number of amides is 2.